The van der Waals surface area contributed by atoms with Crippen LogP contribution in [0.2, 0.25) is 5.15 Å². The van der Waals surface area contributed by atoms with Gasteiger partial charge in [-0.2, -0.15) is 0 Å². The highest BCUT2D eigenvalue weighted by atomic mass is 35.5. The van der Waals surface area contributed by atoms with Gasteiger partial charge in [0.25, 0.3) is 0 Å². The molecule has 0 unspecified atom stereocenters. The second-order valence-corrected chi connectivity index (χ2v) is 6.11. The van der Waals surface area contributed by atoms with Gasteiger partial charge in [-0.25, -0.2) is 14.2 Å². The van der Waals surface area contributed by atoms with Crippen LogP contribution in [0.1, 0.15) is 15.9 Å². The van der Waals surface area contributed by atoms with E-state index in [-0.39, 0.29) is 12.4 Å². The van der Waals surface area contributed by atoms with Gasteiger partial charge in [-0.3, -0.25) is 4.98 Å². The average molecular weight is 367 g/mol. The molecule has 0 saturated carbocycles. The van der Waals surface area contributed by atoms with Crippen LogP contribution in [0.25, 0.3) is 21.8 Å². The monoisotopic (exact) mass is 366 g/mol. The zero-order valence-corrected chi connectivity index (χ0v) is 14.2. The van der Waals surface area contributed by atoms with Crippen molar-refractivity contribution < 1.29 is 13.9 Å². The number of carbonyl (C=O) groups excluding carboxylic acids is 1. The van der Waals surface area contributed by atoms with Crippen LogP contribution in [0.3, 0.4) is 0 Å². The van der Waals surface area contributed by atoms with Crippen molar-refractivity contribution in [2.75, 3.05) is 0 Å². The minimum Gasteiger partial charge on any atom is -0.457 e. The van der Waals surface area contributed by atoms with Crippen LogP contribution in [0.5, 0.6) is 0 Å². The number of pyridine rings is 2. The molecule has 0 fully saturated rings. The van der Waals surface area contributed by atoms with Gasteiger partial charge in [0.2, 0.25) is 0 Å². The first-order valence-electron chi connectivity index (χ1n) is 7.87. The first-order valence-corrected chi connectivity index (χ1v) is 8.25. The molecule has 0 aliphatic heterocycles. The summed E-state index contributed by atoms with van der Waals surface area (Å²) in [6, 6.07) is 14.7. The topological polar surface area (TPSA) is 52.1 Å². The highest BCUT2D eigenvalue weighted by Crippen LogP contribution is 2.21. The quantitative estimate of drug-likeness (QED) is 0.381. The van der Waals surface area contributed by atoms with Crippen LogP contribution in [0, 0.1) is 5.82 Å². The van der Waals surface area contributed by atoms with Crippen molar-refractivity contribution >= 4 is 39.4 Å². The molecule has 0 amide bonds. The molecule has 128 valence electrons. The number of fused-ring (bicyclic) bond motifs is 2. The third-order valence-electron chi connectivity index (χ3n) is 4.05. The predicted octanol–water partition coefficient (Wildman–Crippen LogP) is 4.93. The molecule has 2 heterocycles. The molecule has 26 heavy (non-hydrogen) atoms. The molecule has 2 aromatic carbocycles. The fraction of sp³-hybridized carbons (Fsp3) is 0.0500. The molecule has 6 heteroatoms. The summed E-state index contributed by atoms with van der Waals surface area (Å²) < 4.78 is 19.2. The number of rotatable bonds is 3. The number of hydrogen-bond donors (Lipinski definition) is 0. The Morgan fingerprint density at radius 1 is 1.12 bits per heavy atom. The van der Waals surface area contributed by atoms with Crippen LogP contribution in [-0.4, -0.2) is 15.9 Å². The van der Waals surface area contributed by atoms with Crippen molar-refractivity contribution in [1.29, 1.82) is 0 Å². The smallest absolute Gasteiger partial charge is 0.338 e. The van der Waals surface area contributed by atoms with E-state index in [1.807, 2.05) is 0 Å². The molecule has 0 radical (unpaired) electrons. The number of halogens is 2. The van der Waals surface area contributed by atoms with Crippen molar-refractivity contribution in [3.8, 4) is 0 Å². The van der Waals surface area contributed by atoms with Gasteiger partial charge in [-0.05, 0) is 48.5 Å². The maximum atomic E-state index is 13.8. The molecule has 0 spiro atoms. The number of carbonyl (C=O) groups is 1. The molecule has 0 saturated heterocycles. The number of nitrogens with zero attached hydrogens (tertiary/aromatic N) is 2. The summed E-state index contributed by atoms with van der Waals surface area (Å²) in [7, 11) is 0. The van der Waals surface area contributed by atoms with E-state index in [2.05, 4.69) is 9.97 Å². The minimum atomic E-state index is -0.477. The maximum absolute atomic E-state index is 13.8. The second kappa shape index (κ2) is 6.69. The molecule has 0 N–H and O–H groups in total. The van der Waals surface area contributed by atoms with Crippen LogP contribution in [-0.2, 0) is 11.3 Å². The molecular weight excluding hydrogens is 355 g/mol. The highest BCUT2D eigenvalue weighted by Gasteiger charge is 2.12. The molecule has 0 bridgehead atoms. The Bertz CT molecular complexity index is 1150. The first kappa shape index (κ1) is 16.4. The Balaban J connectivity index is 1.58. The van der Waals surface area contributed by atoms with Gasteiger partial charge < -0.3 is 4.74 Å². The van der Waals surface area contributed by atoms with Crippen LogP contribution in [0.4, 0.5) is 4.39 Å². The average Bonchev–Trinajstić information content (AvgIpc) is 2.67. The Labute approximate surface area is 153 Å². The molecule has 0 aliphatic carbocycles. The number of ether oxygens (including phenoxy) is 1. The Hall–Kier alpha value is -3.05. The Morgan fingerprint density at radius 3 is 2.88 bits per heavy atom. The molecule has 4 rings (SSSR count). The minimum absolute atomic E-state index is 0.00350. The fourth-order valence-electron chi connectivity index (χ4n) is 2.77. The number of hydrogen-bond acceptors (Lipinski definition) is 4. The SMILES string of the molecule is O=C(OCc1ccc(F)c2cccnc12)c1ccc2nc(Cl)ccc2c1. The van der Waals surface area contributed by atoms with Gasteiger partial charge >= 0.3 is 5.97 Å². The molecular formula is C20H12ClFN2O2. The van der Waals surface area contributed by atoms with Gasteiger partial charge in [0.1, 0.15) is 17.6 Å². The second-order valence-electron chi connectivity index (χ2n) is 5.72. The van der Waals surface area contributed by atoms with Crippen LogP contribution in [0.15, 0.2) is 60.8 Å². The number of benzene rings is 2. The third kappa shape index (κ3) is 3.09. The van der Waals surface area contributed by atoms with E-state index in [0.29, 0.717) is 32.7 Å². The lowest BCUT2D eigenvalue weighted by atomic mass is 10.1. The number of aromatic nitrogens is 2. The zero-order valence-electron chi connectivity index (χ0n) is 13.4. The summed E-state index contributed by atoms with van der Waals surface area (Å²) in [4.78, 5) is 20.7. The maximum Gasteiger partial charge on any atom is 0.338 e. The van der Waals surface area contributed by atoms with Crippen molar-refractivity contribution in [2.24, 2.45) is 0 Å². The van der Waals surface area contributed by atoms with E-state index in [1.54, 1.807) is 54.7 Å². The number of esters is 1. The van der Waals surface area contributed by atoms with E-state index >= 15 is 0 Å². The molecule has 2 aromatic heterocycles. The van der Waals surface area contributed by atoms with Gasteiger partial charge in [-0.1, -0.05) is 17.7 Å². The summed E-state index contributed by atoms with van der Waals surface area (Å²) in [5.41, 5.74) is 2.23. The molecule has 0 aliphatic rings. The van der Waals surface area contributed by atoms with Crippen LogP contribution < -0.4 is 0 Å². The van der Waals surface area contributed by atoms with E-state index in [0.717, 1.165) is 5.39 Å². The van der Waals surface area contributed by atoms with E-state index in [9.17, 15) is 9.18 Å². The molecule has 4 nitrogen and oxygen atoms in total. The highest BCUT2D eigenvalue weighted by molar-refractivity contribution is 6.29. The summed E-state index contributed by atoms with van der Waals surface area (Å²) in [5, 5.41) is 1.58. The van der Waals surface area contributed by atoms with Crippen molar-refractivity contribution in [3.05, 3.63) is 82.9 Å². The summed E-state index contributed by atoms with van der Waals surface area (Å²) >= 11 is 5.86. The van der Waals surface area contributed by atoms with Gasteiger partial charge in [0.05, 0.1) is 16.6 Å². The van der Waals surface area contributed by atoms with Crippen molar-refractivity contribution in [1.82, 2.24) is 9.97 Å². The van der Waals surface area contributed by atoms with E-state index < -0.39 is 5.97 Å². The van der Waals surface area contributed by atoms with E-state index in [4.69, 9.17) is 16.3 Å². The Morgan fingerprint density at radius 2 is 2.00 bits per heavy atom. The van der Waals surface area contributed by atoms with Gasteiger partial charge in [0.15, 0.2) is 0 Å². The summed E-state index contributed by atoms with van der Waals surface area (Å²) in [5.74, 6) is -0.834. The van der Waals surface area contributed by atoms with Crippen molar-refractivity contribution in [2.45, 2.75) is 6.61 Å². The lowest BCUT2D eigenvalue weighted by molar-refractivity contribution is 0.0474. The lowest BCUT2D eigenvalue weighted by Gasteiger charge is -2.08. The van der Waals surface area contributed by atoms with Gasteiger partial charge in [0, 0.05) is 22.5 Å². The largest absolute Gasteiger partial charge is 0.457 e. The summed E-state index contributed by atoms with van der Waals surface area (Å²) in [6.07, 6.45) is 1.58. The predicted molar refractivity (Wildman–Crippen MR) is 97.6 cm³/mol. The lowest BCUT2D eigenvalue weighted by Crippen LogP contribution is -2.06. The van der Waals surface area contributed by atoms with Crippen LogP contribution >= 0.6 is 11.6 Å². The molecule has 0 atom stereocenters. The van der Waals surface area contributed by atoms with Crippen molar-refractivity contribution in [3.63, 3.8) is 0 Å². The first-order chi connectivity index (χ1) is 12.6. The zero-order chi connectivity index (χ0) is 18.1. The Kier molecular flexibility index (Phi) is 4.22. The van der Waals surface area contributed by atoms with Gasteiger partial charge in [-0.15, -0.1) is 0 Å². The standard InChI is InChI=1S/C20H12ClFN2O2/c21-18-8-5-12-10-13(4-7-17(12)24-18)20(25)26-11-14-3-6-16(22)15-2-1-9-23-19(14)15/h1-10H,11H2. The summed E-state index contributed by atoms with van der Waals surface area (Å²) in [6.45, 7) is 0.00350. The molecule has 4 aromatic rings. The van der Waals surface area contributed by atoms with E-state index in [1.165, 1.54) is 6.07 Å². The third-order valence-corrected chi connectivity index (χ3v) is 4.26. The fourth-order valence-corrected chi connectivity index (χ4v) is 2.92. The normalized spacial score (nSPS) is 11.0.